The van der Waals surface area contributed by atoms with Gasteiger partial charge in [0.05, 0.1) is 18.3 Å². The molecule has 0 spiro atoms. The van der Waals surface area contributed by atoms with Gasteiger partial charge in [0.15, 0.2) is 5.78 Å². The predicted molar refractivity (Wildman–Crippen MR) is 91.0 cm³/mol. The van der Waals surface area contributed by atoms with Crippen molar-refractivity contribution < 1.29 is 19.4 Å². The summed E-state index contributed by atoms with van der Waals surface area (Å²) in [7, 11) is 0. The van der Waals surface area contributed by atoms with E-state index in [4.69, 9.17) is 0 Å². The van der Waals surface area contributed by atoms with Crippen molar-refractivity contribution in [2.24, 2.45) is 11.8 Å². The molecule has 1 aliphatic heterocycles. The molecule has 1 saturated carbocycles. The standard InChI is InChI=1S/C19H20FN3O3/c20-18-15(2-1-5-21-18)19(26)6-12-9-23(10-13(12)7-19)11-17(25)16-4-3-14(24)8-22-16/h1-5,8,12-13,24,26H,6-7,9-11H2/t12-,13+,19-. The summed E-state index contributed by atoms with van der Waals surface area (Å²) in [6.07, 6.45) is 3.59. The molecule has 0 unspecified atom stereocenters. The molecular formula is C19H20FN3O3. The minimum absolute atomic E-state index is 0.0270. The lowest BCUT2D eigenvalue weighted by Crippen LogP contribution is -2.32. The van der Waals surface area contributed by atoms with Crippen LogP contribution in [0.5, 0.6) is 5.75 Å². The summed E-state index contributed by atoms with van der Waals surface area (Å²) in [5, 5.41) is 20.2. The number of aromatic hydroxyl groups is 1. The highest BCUT2D eigenvalue weighted by Crippen LogP contribution is 2.49. The van der Waals surface area contributed by atoms with Crippen LogP contribution in [0.1, 0.15) is 28.9 Å². The third-order valence-electron chi connectivity index (χ3n) is 5.51. The summed E-state index contributed by atoms with van der Waals surface area (Å²) in [4.78, 5) is 22.0. The first-order chi connectivity index (χ1) is 12.4. The number of pyridine rings is 2. The highest BCUT2D eigenvalue weighted by Gasteiger charge is 2.50. The molecule has 2 N–H and O–H groups in total. The molecule has 0 amide bonds. The molecule has 0 bridgehead atoms. The molecule has 3 atom stereocenters. The Morgan fingerprint density at radius 2 is 1.96 bits per heavy atom. The summed E-state index contributed by atoms with van der Waals surface area (Å²) < 4.78 is 14.0. The number of fused-ring (bicyclic) bond motifs is 1. The van der Waals surface area contributed by atoms with Gasteiger partial charge in [-0.25, -0.2) is 9.97 Å². The molecule has 26 heavy (non-hydrogen) atoms. The van der Waals surface area contributed by atoms with Crippen LogP contribution in [-0.4, -0.2) is 50.5 Å². The molecule has 4 rings (SSSR count). The molecule has 0 aromatic carbocycles. The first kappa shape index (κ1) is 17.1. The molecule has 2 fully saturated rings. The second-order valence-electron chi connectivity index (χ2n) is 7.32. The van der Waals surface area contributed by atoms with Gasteiger partial charge in [0, 0.05) is 24.8 Å². The van der Waals surface area contributed by atoms with Gasteiger partial charge in [0.2, 0.25) is 5.95 Å². The zero-order valence-corrected chi connectivity index (χ0v) is 14.2. The fourth-order valence-electron chi connectivity index (χ4n) is 4.37. The van der Waals surface area contributed by atoms with E-state index in [1.54, 1.807) is 12.1 Å². The normalized spacial score (nSPS) is 28.2. The van der Waals surface area contributed by atoms with Gasteiger partial charge < -0.3 is 10.2 Å². The second kappa shape index (κ2) is 6.41. The minimum Gasteiger partial charge on any atom is -0.506 e. The number of likely N-dealkylation sites (tertiary alicyclic amines) is 1. The van der Waals surface area contributed by atoms with Gasteiger partial charge in [-0.2, -0.15) is 4.39 Å². The largest absolute Gasteiger partial charge is 0.506 e. The lowest BCUT2D eigenvalue weighted by Gasteiger charge is -2.26. The van der Waals surface area contributed by atoms with Gasteiger partial charge in [-0.15, -0.1) is 0 Å². The molecule has 7 heteroatoms. The number of carbonyl (C=O) groups is 1. The van der Waals surface area contributed by atoms with E-state index in [0.717, 1.165) is 0 Å². The molecule has 1 aliphatic carbocycles. The molecular weight excluding hydrogens is 337 g/mol. The number of nitrogens with zero attached hydrogens (tertiary/aromatic N) is 3. The van der Waals surface area contributed by atoms with Gasteiger partial charge in [-0.1, -0.05) is 6.07 Å². The van der Waals surface area contributed by atoms with Gasteiger partial charge >= 0.3 is 0 Å². The third kappa shape index (κ3) is 3.08. The molecule has 2 aromatic rings. The molecule has 2 aliphatic rings. The van der Waals surface area contributed by atoms with Crippen LogP contribution < -0.4 is 0 Å². The number of hydrogen-bond donors (Lipinski definition) is 2. The predicted octanol–water partition coefficient (Wildman–Crippen LogP) is 1.73. The van der Waals surface area contributed by atoms with Crippen molar-refractivity contribution in [2.45, 2.75) is 18.4 Å². The van der Waals surface area contributed by atoms with Crippen molar-refractivity contribution in [1.82, 2.24) is 14.9 Å². The summed E-state index contributed by atoms with van der Waals surface area (Å²) in [5.41, 5.74) is -0.582. The Bertz CT molecular complexity index is 813. The zero-order valence-electron chi connectivity index (χ0n) is 14.2. The number of halogens is 1. The Morgan fingerprint density at radius 1 is 1.23 bits per heavy atom. The topological polar surface area (TPSA) is 86.6 Å². The number of Topliss-reactive ketones (excluding diaryl/α,β-unsaturated/α-hetero) is 1. The van der Waals surface area contributed by atoms with Gasteiger partial charge in [-0.3, -0.25) is 9.69 Å². The number of aromatic nitrogens is 2. The maximum atomic E-state index is 14.0. The molecule has 6 nitrogen and oxygen atoms in total. The van der Waals surface area contributed by atoms with Crippen LogP contribution in [0.25, 0.3) is 0 Å². The van der Waals surface area contributed by atoms with Crippen LogP contribution in [0, 0.1) is 17.8 Å². The van der Waals surface area contributed by atoms with Gasteiger partial charge in [0.1, 0.15) is 11.4 Å². The lowest BCUT2D eigenvalue weighted by molar-refractivity contribution is 0.0273. The van der Waals surface area contributed by atoms with Crippen molar-refractivity contribution in [2.75, 3.05) is 19.6 Å². The Morgan fingerprint density at radius 3 is 2.58 bits per heavy atom. The monoisotopic (exact) mass is 357 g/mol. The molecule has 2 aromatic heterocycles. The number of rotatable bonds is 4. The molecule has 1 saturated heterocycles. The van der Waals surface area contributed by atoms with E-state index < -0.39 is 11.5 Å². The van der Waals surface area contributed by atoms with Gasteiger partial charge in [0.25, 0.3) is 0 Å². The fourth-order valence-corrected chi connectivity index (χ4v) is 4.37. The summed E-state index contributed by atoms with van der Waals surface area (Å²) in [5.74, 6) is -0.238. The summed E-state index contributed by atoms with van der Waals surface area (Å²) >= 11 is 0. The Hall–Kier alpha value is -2.38. The summed E-state index contributed by atoms with van der Waals surface area (Å²) in [6, 6.07) is 6.20. The highest BCUT2D eigenvalue weighted by molar-refractivity contribution is 5.95. The number of aliphatic hydroxyl groups is 1. The highest BCUT2D eigenvalue weighted by atomic mass is 19.1. The van der Waals surface area contributed by atoms with E-state index in [1.165, 1.54) is 24.5 Å². The number of carbonyl (C=O) groups excluding carboxylic acids is 1. The van der Waals surface area contributed by atoms with E-state index in [0.29, 0.717) is 31.6 Å². The van der Waals surface area contributed by atoms with Crippen molar-refractivity contribution in [3.05, 3.63) is 53.9 Å². The number of hydrogen-bond acceptors (Lipinski definition) is 6. The maximum Gasteiger partial charge on any atom is 0.218 e. The average molecular weight is 357 g/mol. The van der Waals surface area contributed by atoms with E-state index in [2.05, 4.69) is 14.9 Å². The minimum atomic E-state index is -1.18. The fraction of sp³-hybridized carbons (Fsp3) is 0.421. The summed E-state index contributed by atoms with van der Waals surface area (Å²) in [6.45, 7) is 1.64. The van der Waals surface area contributed by atoms with Crippen LogP contribution in [-0.2, 0) is 5.60 Å². The van der Waals surface area contributed by atoms with E-state index >= 15 is 0 Å². The van der Waals surface area contributed by atoms with Crippen LogP contribution in [0.3, 0.4) is 0 Å². The van der Waals surface area contributed by atoms with Crippen molar-refractivity contribution in [1.29, 1.82) is 0 Å². The average Bonchev–Trinajstić information content (AvgIpc) is 3.10. The molecule has 136 valence electrons. The van der Waals surface area contributed by atoms with Crippen LogP contribution in [0.4, 0.5) is 4.39 Å². The maximum absolute atomic E-state index is 14.0. The van der Waals surface area contributed by atoms with Crippen LogP contribution >= 0.6 is 0 Å². The first-order valence-corrected chi connectivity index (χ1v) is 8.68. The Balaban J connectivity index is 1.40. The lowest BCUT2D eigenvalue weighted by atomic mass is 9.91. The van der Waals surface area contributed by atoms with E-state index in [9.17, 15) is 19.4 Å². The van der Waals surface area contributed by atoms with Crippen molar-refractivity contribution in [3.63, 3.8) is 0 Å². The number of ketones is 1. The quantitative estimate of drug-likeness (QED) is 0.640. The van der Waals surface area contributed by atoms with Crippen LogP contribution in [0.2, 0.25) is 0 Å². The smallest absolute Gasteiger partial charge is 0.218 e. The van der Waals surface area contributed by atoms with Crippen LogP contribution in [0.15, 0.2) is 36.7 Å². The third-order valence-corrected chi connectivity index (χ3v) is 5.51. The van der Waals surface area contributed by atoms with Crippen molar-refractivity contribution in [3.8, 4) is 5.75 Å². The SMILES string of the molecule is O=C(CN1C[C@@H]2C[C@@](O)(c3cccnc3F)C[C@@H]2C1)c1ccc(O)cn1. The Kier molecular flexibility index (Phi) is 4.20. The van der Waals surface area contributed by atoms with Gasteiger partial charge in [-0.05, 0) is 42.9 Å². The van der Waals surface area contributed by atoms with Crippen molar-refractivity contribution >= 4 is 5.78 Å². The van der Waals surface area contributed by atoms with E-state index in [1.807, 2.05) is 0 Å². The molecule has 0 radical (unpaired) electrons. The zero-order chi connectivity index (χ0) is 18.3. The molecule has 3 heterocycles. The second-order valence-corrected chi connectivity index (χ2v) is 7.32. The van der Waals surface area contributed by atoms with E-state index in [-0.39, 0.29) is 35.5 Å². The first-order valence-electron chi connectivity index (χ1n) is 8.68. The Labute approximate surface area is 150 Å².